The Hall–Kier alpha value is -3.18. The Morgan fingerprint density at radius 3 is 2.45 bits per heavy atom. The first-order valence-electron chi connectivity index (χ1n) is 14.0. The lowest BCUT2D eigenvalue weighted by Crippen LogP contribution is -2.45. The van der Waals surface area contributed by atoms with Gasteiger partial charge < -0.3 is 20.1 Å². The molecule has 1 saturated heterocycles. The Labute approximate surface area is 251 Å². The summed E-state index contributed by atoms with van der Waals surface area (Å²) < 4.78 is 56.0. The van der Waals surface area contributed by atoms with Gasteiger partial charge in [-0.2, -0.15) is 0 Å². The average molecular weight is 616 g/mol. The normalized spacial score (nSPS) is 20.8. The van der Waals surface area contributed by atoms with Gasteiger partial charge >= 0.3 is 0 Å². The molecule has 0 saturated carbocycles. The maximum Gasteiger partial charge on any atom is 0.270 e. The number of ether oxygens (including phenoxy) is 2. The molecule has 2 heterocycles. The van der Waals surface area contributed by atoms with Gasteiger partial charge in [-0.15, -0.1) is 0 Å². The lowest BCUT2D eigenvalue weighted by Gasteiger charge is -2.30. The molecule has 0 bridgehead atoms. The van der Waals surface area contributed by atoms with Crippen LogP contribution in [0.5, 0.6) is 11.5 Å². The molecule has 3 aromatic carbocycles. The fraction of sp³-hybridized carbons (Fsp3) is 0.387. The number of methoxy groups -OCH3 is 1. The second kappa shape index (κ2) is 11.8. The molecule has 1 amide bonds. The minimum Gasteiger partial charge on any atom is -0.495 e. The smallest absolute Gasteiger partial charge is 0.270 e. The maximum absolute atomic E-state index is 15.7. The molecule has 0 aromatic heterocycles. The number of rotatable bonds is 10. The summed E-state index contributed by atoms with van der Waals surface area (Å²) in [6.45, 7) is 5.92. The van der Waals surface area contributed by atoms with Gasteiger partial charge in [0, 0.05) is 24.2 Å². The van der Waals surface area contributed by atoms with Crippen LogP contribution in [-0.2, 0) is 20.2 Å². The Morgan fingerprint density at radius 2 is 1.83 bits per heavy atom. The minimum atomic E-state index is -4.44. The predicted molar refractivity (Wildman–Crippen MR) is 160 cm³/mol. The molecular weight excluding hydrogens is 581 g/mol. The number of hydrogen-bond acceptors (Lipinski definition) is 7. The van der Waals surface area contributed by atoms with Gasteiger partial charge in [0.25, 0.3) is 15.9 Å². The van der Waals surface area contributed by atoms with Gasteiger partial charge in [-0.3, -0.25) is 4.79 Å². The highest BCUT2D eigenvalue weighted by Gasteiger charge is 2.57. The standard InChI is InChI=1S/C31H35ClFN3O5S/c1-20(2)41-22-9-11-23(12-10-22)42(38,39)36-28-18-29(40-3)26(32)17-25(28)31(30(36)37,24-7-4-5-8-27(24)33)14-6-15-35-16-13-21(34)19-35/h4-5,7-12,17-18,20-21H,6,13-16,19,34H2,1-3H3/t21-,31?/m1/s1. The van der Waals surface area contributed by atoms with Crippen molar-refractivity contribution >= 4 is 33.2 Å². The van der Waals surface area contributed by atoms with Gasteiger partial charge in [-0.1, -0.05) is 29.8 Å². The summed E-state index contributed by atoms with van der Waals surface area (Å²) >= 11 is 6.57. The van der Waals surface area contributed by atoms with Crippen LogP contribution in [0.25, 0.3) is 0 Å². The fourth-order valence-corrected chi connectivity index (χ4v) is 7.71. The zero-order valence-electron chi connectivity index (χ0n) is 23.8. The SMILES string of the molecule is COc1cc2c(cc1Cl)C(CCCN1CC[C@@H](N)C1)(c1ccccc1F)C(=O)N2S(=O)(=O)c1ccc(OC(C)C)cc1. The molecule has 5 rings (SSSR count). The number of hydrogen-bond donors (Lipinski definition) is 1. The number of fused-ring (bicyclic) bond motifs is 1. The molecule has 1 unspecified atom stereocenters. The molecule has 224 valence electrons. The summed E-state index contributed by atoms with van der Waals surface area (Å²) in [5.41, 5.74) is 4.92. The molecule has 2 N–H and O–H groups in total. The van der Waals surface area contributed by atoms with Gasteiger partial charge in [-0.05, 0) is 88.2 Å². The van der Waals surface area contributed by atoms with Crippen LogP contribution in [-0.4, -0.2) is 58.1 Å². The summed E-state index contributed by atoms with van der Waals surface area (Å²) in [5, 5.41) is 0.185. The highest BCUT2D eigenvalue weighted by molar-refractivity contribution is 7.93. The first-order valence-corrected chi connectivity index (χ1v) is 15.8. The van der Waals surface area contributed by atoms with Crippen LogP contribution >= 0.6 is 11.6 Å². The first kappa shape index (κ1) is 30.3. The quantitative estimate of drug-likeness (QED) is 0.338. The van der Waals surface area contributed by atoms with E-state index < -0.39 is 27.2 Å². The van der Waals surface area contributed by atoms with Crippen molar-refractivity contribution in [1.82, 2.24) is 4.90 Å². The van der Waals surface area contributed by atoms with Gasteiger partial charge in [0.05, 0.1) is 28.8 Å². The van der Waals surface area contributed by atoms with Crippen LogP contribution in [0.3, 0.4) is 0 Å². The van der Waals surface area contributed by atoms with Crippen molar-refractivity contribution in [2.75, 3.05) is 31.0 Å². The highest BCUT2D eigenvalue weighted by Crippen LogP contribution is 2.53. The van der Waals surface area contributed by atoms with Crippen molar-refractivity contribution in [1.29, 1.82) is 0 Å². The zero-order valence-corrected chi connectivity index (χ0v) is 25.4. The molecule has 3 aromatic rings. The Morgan fingerprint density at radius 1 is 1.12 bits per heavy atom. The monoisotopic (exact) mass is 615 g/mol. The van der Waals surface area contributed by atoms with Crippen LogP contribution < -0.4 is 19.5 Å². The molecule has 0 spiro atoms. The molecule has 2 atom stereocenters. The largest absolute Gasteiger partial charge is 0.495 e. The van der Waals surface area contributed by atoms with Gasteiger partial charge in [0.2, 0.25) is 0 Å². The zero-order chi connectivity index (χ0) is 30.2. The van der Waals surface area contributed by atoms with Crippen LogP contribution in [0.2, 0.25) is 5.02 Å². The van der Waals surface area contributed by atoms with Crippen LogP contribution in [0.15, 0.2) is 65.6 Å². The van der Waals surface area contributed by atoms with Crippen LogP contribution in [0.4, 0.5) is 10.1 Å². The molecule has 2 aliphatic heterocycles. The number of nitrogens with zero attached hydrogens (tertiary/aromatic N) is 2. The summed E-state index contributed by atoms with van der Waals surface area (Å²) in [6, 6.07) is 14.9. The molecule has 0 radical (unpaired) electrons. The summed E-state index contributed by atoms with van der Waals surface area (Å²) in [7, 11) is -3.04. The summed E-state index contributed by atoms with van der Waals surface area (Å²) in [5.74, 6) is -0.693. The number of halogens is 2. The number of benzene rings is 3. The third-order valence-corrected chi connectivity index (χ3v) is 9.91. The second-order valence-corrected chi connectivity index (χ2v) is 13.2. The van der Waals surface area contributed by atoms with Crippen molar-refractivity contribution in [3.05, 3.63) is 82.6 Å². The molecular formula is C31H35ClFN3O5S. The topological polar surface area (TPSA) is 102 Å². The Balaban J connectivity index is 1.65. The summed E-state index contributed by atoms with van der Waals surface area (Å²) in [6.07, 6.45) is 1.42. The maximum atomic E-state index is 15.7. The lowest BCUT2D eigenvalue weighted by atomic mass is 9.72. The van der Waals surface area contributed by atoms with Crippen molar-refractivity contribution in [3.63, 3.8) is 0 Å². The third-order valence-electron chi connectivity index (χ3n) is 7.90. The number of sulfonamides is 1. The number of likely N-dealkylation sites (tertiary alicyclic amines) is 1. The van der Waals surface area contributed by atoms with E-state index in [-0.39, 0.29) is 45.5 Å². The minimum absolute atomic E-state index is 0.0789. The average Bonchev–Trinajstić information content (AvgIpc) is 3.46. The van der Waals surface area contributed by atoms with E-state index in [2.05, 4.69) is 4.90 Å². The molecule has 0 aliphatic carbocycles. The van der Waals surface area contributed by atoms with Gasteiger partial charge in [0.1, 0.15) is 22.7 Å². The van der Waals surface area contributed by atoms with E-state index in [9.17, 15) is 13.2 Å². The van der Waals surface area contributed by atoms with Crippen molar-refractivity contribution < 1.29 is 27.1 Å². The van der Waals surface area contributed by atoms with E-state index >= 15 is 4.39 Å². The number of carbonyl (C=O) groups excluding carboxylic acids is 1. The van der Waals surface area contributed by atoms with E-state index in [0.29, 0.717) is 24.3 Å². The van der Waals surface area contributed by atoms with Crippen LogP contribution in [0.1, 0.15) is 44.2 Å². The van der Waals surface area contributed by atoms with E-state index in [4.69, 9.17) is 26.8 Å². The highest BCUT2D eigenvalue weighted by atomic mass is 35.5. The molecule has 1 fully saturated rings. The molecule has 8 nitrogen and oxygen atoms in total. The summed E-state index contributed by atoms with van der Waals surface area (Å²) in [4.78, 5) is 16.8. The molecule has 11 heteroatoms. The van der Waals surface area contributed by atoms with E-state index in [0.717, 1.165) is 23.8 Å². The third kappa shape index (κ3) is 5.37. The number of nitrogens with two attached hydrogens (primary N) is 1. The number of carbonyl (C=O) groups is 1. The fourth-order valence-electron chi connectivity index (χ4n) is 5.99. The van der Waals surface area contributed by atoms with Crippen molar-refractivity contribution in [3.8, 4) is 11.5 Å². The number of anilines is 1. The van der Waals surface area contributed by atoms with Gasteiger partial charge in [0.15, 0.2) is 0 Å². The lowest BCUT2D eigenvalue weighted by molar-refractivity contribution is -0.121. The second-order valence-electron chi connectivity index (χ2n) is 11.1. The first-order chi connectivity index (χ1) is 20.0. The molecule has 2 aliphatic rings. The van der Waals surface area contributed by atoms with Gasteiger partial charge in [-0.25, -0.2) is 17.1 Å². The van der Waals surface area contributed by atoms with Crippen molar-refractivity contribution in [2.24, 2.45) is 5.73 Å². The number of amides is 1. The Kier molecular flexibility index (Phi) is 8.53. The van der Waals surface area contributed by atoms with E-state index in [1.807, 2.05) is 13.8 Å². The van der Waals surface area contributed by atoms with Crippen LogP contribution in [0, 0.1) is 5.82 Å². The predicted octanol–water partition coefficient (Wildman–Crippen LogP) is 5.11. The van der Waals surface area contributed by atoms with Crippen molar-refractivity contribution in [2.45, 2.75) is 55.6 Å². The molecule has 42 heavy (non-hydrogen) atoms. The van der Waals surface area contributed by atoms with E-state index in [1.165, 1.54) is 49.6 Å². The Bertz CT molecular complexity index is 1580. The van der Waals surface area contributed by atoms with E-state index in [1.54, 1.807) is 18.2 Å².